The summed E-state index contributed by atoms with van der Waals surface area (Å²) < 4.78 is 15.7. The highest BCUT2D eigenvalue weighted by Crippen LogP contribution is 2.13. The van der Waals surface area contributed by atoms with Crippen LogP contribution in [-0.4, -0.2) is 32.6 Å². The maximum atomic E-state index is 10.9. The Kier molecular flexibility index (Phi) is 11.3. The van der Waals surface area contributed by atoms with Crippen molar-refractivity contribution < 1.29 is 19.0 Å². The molecule has 1 atom stereocenters. The van der Waals surface area contributed by atoms with Gasteiger partial charge in [0.05, 0.1) is 13.7 Å². The molecule has 0 bridgehead atoms. The third kappa shape index (κ3) is 10.4. The summed E-state index contributed by atoms with van der Waals surface area (Å²) in [5, 5.41) is 0. The van der Waals surface area contributed by atoms with E-state index >= 15 is 0 Å². The Balaban J connectivity index is 1.93. The average molecular weight is 308 g/mol. The van der Waals surface area contributed by atoms with E-state index in [1.54, 1.807) is 0 Å². The second-order valence-corrected chi connectivity index (χ2v) is 5.13. The van der Waals surface area contributed by atoms with E-state index in [0.717, 1.165) is 38.7 Å². The van der Waals surface area contributed by atoms with E-state index in [0.29, 0.717) is 13.0 Å². The summed E-state index contributed by atoms with van der Waals surface area (Å²) in [6.45, 7) is 1.44. The van der Waals surface area contributed by atoms with Crippen LogP contribution >= 0.6 is 0 Å². The van der Waals surface area contributed by atoms with Gasteiger partial charge < -0.3 is 14.2 Å². The zero-order chi connectivity index (χ0) is 15.9. The zero-order valence-corrected chi connectivity index (χ0v) is 13.5. The first-order valence-corrected chi connectivity index (χ1v) is 8.08. The summed E-state index contributed by atoms with van der Waals surface area (Å²) >= 11 is 0. The van der Waals surface area contributed by atoms with Crippen LogP contribution in [0, 0.1) is 0 Å². The number of rotatable bonds is 10. The molecule has 1 rings (SSSR count). The highest BCUT2D eigenvalue weighted by atomic mass is 16.7. The van der Waals surface area contributed by atoms with Crippen LogP contribution in [0.1, 0.15) is 44.9 Å². The lowest BCUT2D eigenvalue weighted by molar-refractivity contribution is -0.155. The van der Waals surface area contributed by atoms with Gasteiger partial charge in [-0.15, -0.1) is 0 Å². The van der Waals surface area contributed by atoms with Crippen molar-refractivity contribution in [1.82, 2.24) is 0 Å². The van der Waals surface area contributed by atoms with Crippen molar-refractivity contribution in [3.05, 3.63) is 36.5 Å². The highest BCUT2D eigenvalue weighted by molar-refractivity contribution is 5.69. The normalized spacial score (nSPS) is 19.4. The van der Waals surface area contributed by atoms with Crippen LogP contribution in [0.4, 0.5) is 0 Å². The maximum absolute atomic E-state index is 10.9. The number of hydrogen-bond donors (Lipinski definition) is 0. The largest absolute Gasteiger partial charge is 0.469 e. The van der Waals surface area contributed by atoms with E-state index in [4.69, 9.17) is 9.47 Å². The molecule has 0 amide bonds. The third-order valence-corrected chi connectivity index (χ3v) is 3.30. The van der Waals surface area contributed by atoms with E-state index < -0.39 is 0 Å². The van der Waals surface area contributed by atoms with Crippen molar-refractivity contribution in [2.45, 2.75) is 51.2 Å². The first-order chi connectivity index (χ1) is 10.8. The zero-order valence-electron chi connectivity index (χ0n) is 13.5. The minimum Gasteiger partial charge on any atom is -0.469 e. The van der Waals surface area contributed by atoms with Gasteiger partial charge in [-0.25, -0.2) is 0 Å². The Hall–Kier alpha value is -1.39. The lowest BCUT2D eigenvalue weighted by atomic mass is 10.2. The van der Waals surface area contributed by atoms with Crippen LogP contribution in [-0.2, 0) is 19.0 Å². The number of methoxy groups -OCH3 is 1. The Bertz CT molecular complexity index is 365. The molecule has 22 heavy (non-hydrogen) atoms. The number of ether oxygens (including phenoxy) is 3. The molecule has 1 aliphatic rings. The van der Waals surface area contributed by atoms with Crippen LogP contribution in [0.5, 0.6) is 0 Å². The van der Waals surface area contributed by atoms with Gasteiger partial charge in [-0.05, 0) is 38.5 Å². The van der Waals surface area contributed by atoms with Crippen LogP contribution in [0.3, 0.4) is 0 Å². The molecular formula is C18H28O4. The molecule has 1 heterocycles. The molecule has 0 saturated carbocycles. The minimum absolute atomic E-state index is 0.0101. The van der Waals surface area contributed by atoms with Gasteiger partial charge in [0, 0.05) is 13.0 Å². The minimum atomic E-state index is -0.161. The van der Waals surface area contributed by atoms with E-state index in [2.05, 4.69) is 29.0 Å². The van der Waals surface area contributed by atoms with Gasteiger partial charge in [-0.3, -0.25) is 4.79 Å². The fourth-order valence-electron chi connectivity index (χ4n) is 2.04. The van der Waals surface area contributed by atoms with Gasteiger partial charge in [-0.2, -0.15) is 0 Å². The number of carbonyl (C=O) groups excluding carboxylic acids is 1. The topological polar surface area (TPSA) is 44.8 Å². The molecule has 1 saturated heterocycles. The molecule has 0 spiro atoms. The smallest absolute Gasteiger partial charge is 0.305 e. The number of esters is 1. The number of carbonyl (C=O) groups is 1. The predicted molar refractivity (Wildman–Crippen MR) is 87.4 cm³/mol. The van der Waals surface area contributed by atoms with Crippen molar-refractivity contribution in [3.63, 3.8) is 0 Å². The van der Waals surface area contributed by atoms with Gasteiger partial charge in [0.1, 0.15) is 0 Å². The van der Waals surface area contributed by atoms with Gasteiger partial charge in [0.25, 0.3) is 0 Å². The lowest BCUT2D eigenvalue weighted by Gasteiger charge is -2.21. The van der Waals surface area contributed by atoms with Crippen molar-refractivity contribution >= 4 is 5.97 Å². The molecule has 0 aromatic rings. The number of hydrogen-bond acceptors (Lipinski definition) is 4. The molecule has 4 nitrogen and oxygen atoms in total. The third-order valence-electron chi connectivity index (χ3n) is 3.30. The fraction of sp³-hybridized carbons (Fsp3) is 0.611. The Morgan fingerprint density at radius 2 is 1.82 bits per heavy atom. The Labute approximate surface area is 133 Å². The highest BCUT2D eigenvalue weighted by Gasteiger charge is 2.12. The average Bonchev–Trinajstić information content (AvgIpc) is 2.56. The van der Waals surface area contributed by atoms with Crippen LogP contribution < -0.4 is 0 Å². The van der Waals surface area contributed by atoms with E-state index in [9.17, 15) is 4.79 Å². The summed E-state index contributed by atoms with van der Waals surface area (Å²) in [5.74, 6) is -0.161. The van der Waals surface area contributed by atoms with Crippen molar-refractivity contribution in [2.75, 3.05) is 20.3 Å². The molecule has 1 unspecified atom stereocenters. The second-order valence-electron chi connectivity index (χ2n) is 5.13. The van der Waals surface area contributed by atoms with Crippen LogP contribution in [0.15, 0.2) is 36.5 Å². The summed E-state index contributed by atoms with van der Waals surface area (Å²) in [5.41, 5.74) is 0. The first kappa shape index (κ1) is 18.7. The lowest BCUT2D eigenvalue weighted by Crippen LogP contribution is -2.22. The summed E-state index contributed by atoms with van der Waals surface area (Å²) in [6.07, 6.45) is 18.8. The summed E-state index contributed by atoms with van der Waals surface area (Å²) in [6, 6.07) is 0. The SMILES string of the molecule is COC(=O)CC/C=C\C/C=C\C/C=C\COC1CCCCO1. The van der Waals surface area contributed by atoms with Crippen molar-refractivity contribution in [2.24, 2.45) is 0 Å². The Morgan fingerprint density at radius 1 is 1.09 bits per heavy atom. The van der Waals surface area contributed by atoms with E-state index in [-0.39, 0.29) is 12.3 Å². The van der Waals surface area contributed by atoms with Crippen LogP contribution in [0.2, 0.25) is 0 Å². The number of allylic oxidation sites excluding steroid dienone is 5. The molecule has 4 heteroatoms. The van der Waals surface area contributed by atoms with Crippen molar-refractivity contribution in [1.29, 1.82) is 0 Å². The van der Waals surface area contributed by atoms with Gasteiger partial charge >= 0.3 is 5.97 Å². The standard InChI is InChI=1S/C18H28O4/c1-20-17(19)13-9-7-5-3-2-4-6-8-11-15-21-18-14-10-12-16-22-18/h2,4-5,7-8,11,18H,3,6,9-10,12-16H2,1H3/b4-2-,7-5-,11-8-. The predicted octanol–water partition coefficient (Wildman–Crippen LogP) is 3.93. The molecule has 0 N–H and O–H groups in total. The van der Waals surface area contributed by atoms with Gasteiger partial charge in [-0.1, -0.05) is 36.5 Å². The molecule has 1 aliphatic heterocycles. The molecular weight excluding hydrogens is 280 g/mol. The van der Waals surface area contributed by atoms with E-state index in [1.807, 2.05) is 12.2 Å². The van der Waals surface area contributed by atoms with Gasteiger partial charge in [0.2, 0.25) is 0 Å². The molecule has 0 radical (unpaired) electrons. The first-order valence-electron chi connectivity index (χ1n) is 8.08. The summed E-state index contributed by atoms with van der Waals surface area (Å²) in [4.78, 5) is 10.9. The van der Waals surface area contributed by atoms with Gasteiger partial charge in [0.15, 0.2) is 6.29 Å². The second kappa shape index (κ2) is 13.3. The van der Waals surface area contributed by atoms with Crippen molar-refractivity contribution in [3.8, 4) is 0 Å². The maximum Gasteiger partial charge on any atom is 0.305 e. The fourth-order valence-corrected chi connectivity index (χ4v) is 2.04. The molecule has 0 aromatic carbocycles. The monoisotopic (exact) mass is 308 g/mol. The quantitative estimate of drug-likeness (QED) is 0.453. The van der Waals surface area contributed by atoms with Crippen LogP contribution in [0.25, 0.3) is 0 Å². The molecule has 0 aliphatic carbocycles. The molecule has 124 valence electrons. The summed E-state index contributed by atoms with van der Waals surface area (Å²) in [7, 11) is 1.41. The van der Waals surface area contributed by atoms with E-state index in [1.165, 1.54) is 13.5 Å². The molecule has 1 fully saturated rings. The molecule has 0 aromatic heterocycles. The Morgan fingerprint density at radius 3 is 2.50 bits per heavy atom.